The lowest BCUT2D eigenvalue weighted by molar-refractivity contribution is -0.192. The van der Waals surface area contributed by atoms with Crippen LogP contribution >= 0.6 is 0 Å². The zero-order chi connectivity index (χ0) is 110. The molecule has 27 nitrogen and oxygen atoms in total. The van der Waals surface area contributed by atoms with Crippen LogP contribution in [-0.4, -0.2) is 137 Å². The fourth-order valence-electron chi connectivity index (χ4n) is 16.3. The molecule has 796 valence electrons. The molecule has 12 unspecified atom stereocenters. The molecular weight excluding hydrogens is 1810 g/mol. The lowest BCUT2D eigenvalue weighted by Gasteiger charge is -2.32. The average Bonchev–Trinajstić information content (AvgIpc) is 1.64. The van der Waals surface area contributed by atoms with E-state index in [1.165, 1.54) is 28.4 Å². The molecule has 27 heteroatoms. The monoisotopic (exact) mass is 1990 g/mol. The van der Waals surface area contributed by atoms with Crippen molar-refractivity contribution in [3.63, 3.8) is 0 Å². The summed E-state index contributed by atoms with van der Waals surface area (Å²) in [4.78, 5) is 136. The number of rotatable bonds is 32. The number of ether oxygens (including phenoxy) is 3. The number of H-pyrrole nitrogens is 1. The Morgan fingerprint density at radius 1 is 0.559 bits per heavy atom. The topological polar surface area (TPSA) is 435 Å². The van der Waals surface area contributed by atoms with E-state index in [2.05, 4.69) is 207 Å². The molecule has 11 N–H and O–H groups in total. The third-order valence-corrected chi connectivity index (χ3v) is 24.6. The first-order valence-electron chi connectivity index (χ1n) is 50.1. The number of amides is 2. The summed E-state index contributed by atoms with van der Waals surface area (Å²) < 4.78 is 17.6. The molecule has 2 amide bonds. The zero-order valence-corrected chi connectivity index (χ0v) is 92.5. The third-order valence-electron chi connectivity index (χ3n) is 24.6. The van der Waals surface area contributed by atoms with E-state index in [1.54, 1.807) is 20.0 Å². The molecule has 0 radical (unpaired) electrons. The highest BCUT2D eigenvalue weighted by Crippen LogP contribution is 2.39. The maximum atomic E-state index is 13.1. The molecule has 5 heterocycles. The Kier molecular flexibility index (Phi) is 55.0. The van der Waals surface area contributed by atoms with E-state index < -0.39 is 59.2 Å². The van der Waals surface area contributed by atoms with Crippen molar-refractivity contribution in [3.05, 3.63) is 230 Å². The quantitative estimate of drug-likeness (QED) is 0.00818. The lowest BCUT2D eigenvalue weighted by atomic mass is 9.72. The molecule has 143 heavy (non-hydrogen) atoms. The van der Waals surface area contributed by atoms with Crippen molar-refractivity contribution in [1.29, 1.82) is 0 Å². The zero-order valence-electron chi connectivity index (χ0n) is 92.5. The van der Waals surface area contributed by atoms with Gasteiger partial charge in [-0.15, -0.1) is 0 Å². The highest BCUT2D eigenvalue weighted by atomic mass is 16.6. The molecule has 2 fully saturated rings. The van der Waals surface area contributed by atoms with Crippen molar-refractivity contribution in [3.8, 4) is 0 Å². The molecular formula is C116H179N9O18. The van der Waals surface area contributed by atoms with Crippen molar-refractivity contribution in [2.24, 2.45) is 107 Å². The molecule has 7 aromatic rings. The molecule has 12 atom stereocenters. The van der Waals surface area contributed by atoms with Gasteiger partial charge in [0.25, 0.3) is 12.0 Å². The first-order valence-corrected chi connectivity index (χ1v) is 50.1. The maximum absolute atomic E-state index is 13.1. The average molecular weight is 1990 g/mol. The number of aryl methyl sites for hydroxylation is 1. The number of aliphatic carboxylic acids is 3. The van der Waals surface area contributed by atoms with E-state index >= 15 is 0 Å². The molecule has 4 aromatic carbocycles. The van der Waals surface area contributed by atoms with Crippen molar-refractivity contribution < 1.29 is 77.8 Å². The van der Waals surface area contributed by atoms with E-state index in [0.717, 1.165) is 53.3 Å². The van der Waals surface area contributed by atoms with Gasteiger partial charge in [-0.3, -0.25) is 53.1 Å². The molecule has 9 rings (SSSR count). The number of benzene rings is 4. The number of carbonyl (C=O) groups excluding carboxylic acids is 6. The SMILES string of the molecule is CC(C)(C)C(Cc1ccccc1)C(=O)O.CC(C)(C)C(Cc1ccccn1)OC=O.CC(C)(C)Cc1ccc(N=C(N)N)cc1.CC(C)C(CC(=O)O)C(C)(C)C.CC(C)CC(C(=O)NC(Cc1ccccc1)C(=O)O)C(C)(C)C.CC(C)CC(NC(=O)C(Cc1ccccc1)C(C)(C)C)C(=O)C1(C)CO1.CCC(Cc1ccccn1)C(C)(C)C.Cc1cn(C2CC(O)C(CC(C)(C)C)O2)c(=O)[nH]c1=O.O=C=O. The normalized spacial score (nSPS) is 16.7. The molecule has 2 aliphatic rings. The number of aliphatic hydroxyl groups excluding tert-OH is 1. The van der Waals surface area contributed by atoms with Gasteiger partial charge in [-0.2, -0.15) is 9.59 Å². The second-order valence-corrected chi connectivity index (χ2v) is 47.9. The minimum Gasteiger partial charge on any atom is -0.481 e. The summed E-state index contributed by atoms with van der Waals surface area (Å²) in [5, 5.41) is 43.2. The van der Waals surface area contributed by atoms with Gasteiger partial charge in [-0.25, -0.2) is 14.6 Å². The number of carbonyl (C=O) groups is 7. The number of hydrogen-bond acceptors (Lipinski definition) is 18. The van der Waals surface area contributed by atoms with Crippen LogP contribution in [0.1, 0.15) is 306 Å². The van der Waals surface area contributed by atoms with Gasteiger partial charge in [0.1, 0.15) is 24.0 Å². The number of nitrogens with two attached hydrogens (primary N) is 2. The van der Waals surface area contributed by atoms with Crippen molar-refractivity contribution >= 4 is 59.8 Å². The van der Waals surface area contributed by atoms with E-state index in [4.69, 9.17) is 40.4 Å². The van der Waals surface area contributed by atoms with Gasteiger partial charge in [0.2, 0.25) is 11.8 Å². The van der Waals surface area contributed by atoms with Crippen LogP contribution in [0.5, 0.6) is 0 Å². The van der Waals surface area contributed by atoms with Gasteiger partial charge in [-0.05, 0) is 190 Å². The molecule has 0 saturated carbocycles. The molecule has 0 bridgehead atoms. The van der Waals surface area contributed by atoms with Crippen LogP contribution in [0.15, 0.2) is 185 Å². The largest absolute Gasteiger partial charge is 0.481 e. The Labute approximate surface area is 854 Å². The second kappa shape index (κ2) is 60.6. The fourth-order valence-corrected chi connectivity index (χ4v) is 16.3. The Balaban J connectivity index is 0.000000823. The van der Waals surface area contributed by atoms with E-state index in [-0.39, 0.29) is 104 Å². The number of epoxide rings is 1. The summed E-state index contributed by atoms with van der Waals surface area (Å²) >= 11 is 0. The first kappa shape index (κ1) is 130. The van der Waals surface area contributed by atoms with Crippen LogP contribution in [0.2, 0.25) is 0 Å². The van der Waals surface area contributed by atoms with Crippen molar-refractivity contribution in [2.45, 2.75) is 348 Å². The Hall–Kier alpha value is -11.1. The van der Waals surface area contributed by atoms with Crippen LogP contribution in [-0.2, 0) is 95.9 Å². The van der Waals surface area contributed by atoms with Crippen molar-refractivity contribution in [1.82, 2.24) is 30.2 Å². The summed E-state index contributed by atoms with van der Waals surface area (Å²) in [6, 6.07) is 47.7. The second-order valence-electron chi connectivity index (χ2n) is 47.9. The number of carboxylic acids is 3. The standard InChI is InChI=1S/C22H33NO3.C19H29NO3.C14H22N2O4.C13H21N.C13H18O2.C12H19N3.C12H17NO2.C10H20O2.CO2/c1-15(2)12-18(19(24)22(6)14-26-22)23-20(25)17(21(3,4)5)13-16-10-8-7-9-11-16;1-13(2)11-15(19(3,4)5)17(21)20-16(18(22)23)12-14-9-7-6-8-10-14;1-8-7-16(13(19)15-12(8)18)11-5-9(17)10(20-11)6-14(2,3)4;1-5-11(13(2,3)4)10-12-8-6-7-9-14-12;1-13(2,3)11(12(14)15)9-10-7-5-4-6-8-10;1-12(2,3)8-9-4-6-10(7-5-9)15-11(13)14;1-12(2,3)11(15-9-14)8-10-6-4-5-7-13-10;1-7(2)8(6-9(11)12)10(3,4)5;2-1-3/h7-11,15,17-18H,12-14H2,1-6H3,(H,23,25);6-10,13,15-16H,11-12H2,1-5H3,(H,20,21)(H,22,23);7,9-11,17H,5-6H2,1-4H3,(H,15,18,19);6-9,11H,5,10H2,1-4H3;4-8,11H,9H2,1-3H3,(H,14,15);4-7H,8H2,1-3H3,(H4,13,14,15);4-7,9,11H,8H2,1-3H3;7-8H,6H2,1-5H3,(H,11,12);. The Morgan fingerprint density at radius 3 is 1.34 bits per heavy atom. The highest BCUT2D eigenvalue weighted by molar-refractivity contribution is 5.97. The number of nitrogens with zero attached hydrogens (tertiary/aromatic N) is 4. The fraction of sp³-hybridized carbons (Fsp3) is 0.595. The molecule has 3 aromatic heterocycles. The molecule has 2 saturated heterocycles. The third kappa shape index (κ3) is 53.9. The van der Waals surface area contributed by atoms with E-state index in [9.17, 15) is 58.5 Å². The van der Waals surface area contributed by atoms with Gasteiger partial charge in [0.05, 0.1) is 36.5 Å². The first-order chi connectivity index (χ1) is 65.8. The number of carboxylic acid groups (broad SMARTS) is 3. The van der Waals surface area contributed by atoms with Gasteiger partial charge in [-0.1, -0.05) is 336 Å². The number of pyridine rings is 2. The summed E-state index contributed by atoms with van der Waals surface area (Å²) in [6.45, 7) is 69.5. The van der Waals surface area contributed by atoms with Crippen LogP contribution in [0.4, 0.5) is 5.69 Å². The summed E-state index contributed by atoms with van der Waals surface area (Å²) in [7, 11) is 0. The van der Waals surface area contributed by atoms with Crippen LogP contribution < -0.4 is 33.3 Å². The number of hydrogen-bond donors (Lipinski definition) is 9. The van der Waals surface area contributed by atoms with Gasteiger partial charge in [0.15, 0.2) is 11.7 Å². The molecule has 0 aliphatic carbocycles. The van der Waals surface area contributed by atoms with Crippen LogP contribution in [0.3, 0.4) is 0 Å². The predicted octanol–water partition coefficient (Wildman–Crippen LogP) is 21.5. The molecule has 2 aliphatic heterocycles. The Bertz CT molecular complexity index is 5070. The predicted molar refractivity (Wildman–Crippen MR) is 571 cm³/mol. The smallest absolute Gasteiger partial charge is 0.373 e. The summed E-state index contributed by atoms with van der Waals surface area (Å²) in [5.74, 6) is -1.19. The number of aromatic nitrogens is 4. The summed E-state index contributed by atoms with van der Waals surface area (Å²) in [5.41, 5.74) is 16.9. The number of nitrogens with one attached hydrogen (secondary N) is 3. The summed E-state index contributed by atoms with van der Waals surface area (Å²) in [6.07, 6.45) is 12.1. The van der Waals surface area contributed by atoms with Crippen LogP contribution in [0.25, 0.3) is 0 Å². The van der Waals surface area contributed by atoms with Gasteiger partial charge in [0, 0.05) is 73.1 Å². The van der Waals surface area contributed by atoms with Gasteiger partial charge < -0.3 is 56.7 Å². The Morgan fingerprint density at radius 2 is 0.993 bits per heavy atom. The minimum atomic E-state index is -1.00. The highest BCUT2D eigenvalue weighted by Gasteiger charge is 2.51. The minimum absolute atomic E-state index is 0.00748. The molecule has 0 spiro atoms. The van der Waals surface area contributed by atoms with E-state index in [0.29, 0.717) is 92.2 Å². The number of ketones is 1. The van der Waals surface area contributed by atoms with Gasteiger partial charge >= 0.3 is 29.7 Å². The number of aliphatic imine (C=N–C) groups is 1. The number of guanidine groups is 1. The number of aromatic amines is 1. The van der Waals surface area contributed by atoms with Crippen LogP contribution in [0, 0.1) is 97.6 Å². The van der Waals surface area contributed by atoms with Crippen molar-refractivity contribution in [2.75, 3.05) is 6.61 Å². The maximum Gasteiger partial charge on any atom is 0.373 e. The van der Waals surface area contributed by atoms with E-state index in [1.807, 2.05) is 196 Å². The number of Topliss-reactive ketones (excluding diaryl/α,β-unsaturated/α-hetero) is 1. The number of aliphatic hydroxyl groups is 1. The lowest BCUT2D eigenvalue weighted by Crippen LogP contribution is -2.50.